The SMILES string of the molecule is C=C(C)[C@@H]1C[C@@H]2[C@@H]3C(=O)C[C@](C)(C1(C)C)[C@]23C. The van der Waals surface area contributed by atoms with Crippen LogP contribution >= 0.6 is 0 Å². The minimum absolute atomic E-state index is 0.175. The molecule has 0 aromatic rings. The van der Waals surface area contributed by atoms with Crippen molar-refractivity contribution in [3.8, 4) is 0 Å². The monoisotopic (exact) mass is 232 g/mol. The Morgan fingerprint density at radius 2 is 1.88 bits per heavy atom. The van der Waals surface area contributed by atoms with Gasteiger partial charge in [-0.1, -0.05) is 39.8 Å². The lowest BCUT2D eigenvalue weighted by molar-refractivity contribution is -0.125. The van der Waals surface area contributed by atoms with Crippen LogP contribution in [-0.2, 0) is 4.79 Å². The predicted molar refractivity (Wildman–Crippen MR) is 69.5 cm³/mol. The number of ketones is 1. The molecule has 0 spiro atoms. The summed E-state index contributed by atoms with van der Waals surface area (Å²) in [7, 11) is 0. The molecule has 17 heavy (non-hydrogen) atoms. The lowest BCUT2D eigenvalue weighted by Crippen LogP contribution is -2.50. The van der Waals surface area contributed by atoms with E-state index < -0.39 is 0 Å². The molecule has 3 aliphatic rings. The van der Waals surface area contributed by atoms with Crippen molar-refractivity contribution in [2.24, 2.45) is 34.0 Å². The summed E-state index contributed by atoms with van der Waals surface area (Å²) >= 11 is 0. The topological polar surface area (TPSA) is 17.1 Å². The fourth-order valence-electron chi connectivity index (χ4n) is 5.62. The van der Waals surface area contributed by atoms with Crippen molar-refractivity contribution in [3.63, 3.8) is 0 Å². The van der Waals surface area contributed by atoms with Crippen LogP contribution in [-0.4, -0.2) is 5.78 Å². The number of rotatable bonds is 1. The van der Waals surface area contributed by atoms with E-state index in [0.717, 1.165) is 6.42 Å². The van der Waals surface area contributed by atoms with Crippen molar-refractivity contribution in [2.45, 2.75) is 47.5 Å². The summed E-state index contributed by atoms with van der Waals surface area (Å²) in [6.07, 6.45) is 1.98. The van der Waals surface area contributed by atoms with Crippen molar-refractivity contribution in [3.05, 3.63) is 12.2 Å². The highest BCUT2D eigenvalue weighted by atomic mass is 16.1. The van der Waals surface area contributed by atoms with Gasteiger partial charge in [-0.3, -0.25) is 4.79 Å². The Kier molecular flexibility index (Phi) is 1.83. The molecule has 94 valence electrons. The van der Waals surface area contributed by atoms with E-state index in [4.69, 9.17) is 0 Å². The third kappa shape index (κ3) is 0.936. The van der Waals surface area contributed by atoms with Crippen molar-refractivity contribution in [1.82, 2.24) is 0 Å². The maximum absolute atomic E-state index is 12.2. The summed E-state index contributed by atoms with van der Waals surface area (Å²) < 4.78 is 0. The third-order valence-corrected chi connectivity index (χ3v) is 7.15. The van der Waals surface area contributed by atoms with Crippen molar-refractivity contribution < 1.29 is 4.79 Å². The Morgan fingerprint density at radius 3 is 2.41 bits per heavy atom. The third-order valence-electron chi connectivity index (χ3n) is 7.15. The predicted octanol–water partition coefficient (Wildman–Crippen LogP) is 3.84. The molecule has 3 saturated carbocycles. The summed E-state index contributed by atoms with van der Waals surface area (Å²) in [5, 5.41) is 0. The first-order chi connectivity index (χ1) is 7.68. The zero-order chi connectivity index (χ0) is 12.8. The van der Waals surface area contributed by atoms with Gasteiger partial charge in [0, 0.05) is 12.3 Å². The quantitative estimate of drug-likeness (QED) is 0.628. The molecule has 0 N–H and O–H groups in total. The van der Waals surface area contributed by atoms with Gasteiger partial charge in [0.05, 0.1) is 0 Å². The van der Waals surface area contributed by atoms with Crippen LogP contribution in [0.15, 0.2) is 12.2 Å². The number of carbonyl (C=O) groups excluding carboxylic acids is 1. The average molecular weight is 232 g/mol. The highest BCUT2D eigenvalue weighted by Crippen LogP contribution is 2.84. The molecule has 0 amide bonds. The van der Waals surface area contributed by atoms with Gasteiger partial charge in [-0.2, -0.15) is 0 Å². The molecule has 0 bridgehead atoms. The number of hydrogen-bond acceptors (Lipinski definition) is 1. The van der Waals surface area contributed by atoms with Gasteiger partial charge in [-0.15, -0.1) is 0 Å². The first-order valence-corrected chi connectivity index (χ1v) is 6.86. The van der Waals surface area contributed by atoms with Crippen LogP contribution in [0.5, 0.6) is 0 Å². The smallest absolute Gasteiger partial charge is 0.137 e. The number of carbonyl (C=O) groups is 1. The van der Waals surface area contributed by atoms with Gasteiger partial charge in [0.2, 0.25) is 0 Å². The zero-order valence-electron chi connectivity index (χ0n) is 11.8. The van der Waals surface area contributed by atoms with Crippen molar-refractivity contribution >= 4 is 5.78 Å². The maximum atomic E-state index is 12.2. The minimum Gasteiger partial charge on any atom is -0.299 e. The van der Waals surface area contributed by atoms with Crippen LogP contribution in [0.25, 0.3) is 0 Å². The largest absolute Gasteiger partial charge is 0.299 e. The number of hydrogen-bond donors (Lipinski definition) is 0. The van der Waals surface area contributed by atoms with Gasteiger partial charge >= 0.3 is 0 Å². The van der Waals surface area contributed by atoms with Crippen molar-refractivity contribution in [1.29, 1.82) is 0 Å². The first-order valence-electron chi connectivity index (χ1n) is 6.86. The molecule has 0 saturated heterocycles. The van der Waals surface area contributed by atoms with E-state index >= 15 is 0 Å². The molecule has 3 fully saturated rings. The molecule has 0 aromatic carbocycles. The molecule has 0 heterocycles. The Morgan fingerprint density at radius 1 is 1.29 bits per heavy atom. The van der Waals surface area contributed by atoms with Gasteiger partial charge in [0.15, 0.2) is 0 Å². The first kappa shape index (κ1) is 11.5. The molecule has 1 nitrogen and oxygen atoms in total. The Bertz CT molecular complexity index is 433. The molecule has 0 unspecified atom stereocenters. The summed E-state index contributed by atoms with van der Waals surface area (Å²) in [6.45, 7) is 15.8. The standard InChI is InChI=1S/C16H24O/c1-9(2)10-7-11-13-12(17)8-15(5,14(10,3)4)16(11,13)6/h10-11,13H,1,7-8H2,2-6H3/t10-,11+,13+,15+,16+/m0/s1. The highest BCUT2D eigenvalue weighted by molar-refractivity contribution is 5.90. The Hall–Kier alpha value is -0.590. The average Bonchev–Trinajstić information content (AvgIpc) is 2.72. The summed E-state index contributed by atoms with van der Waals surface area (Å²) in [5.41, 5.74) is 1.97. The number of fused-ring (bicyclic) bond motifs is 1. The van der Waals surface area contributed by atoms with E-state index in [9.17, 15) is 4.79 Å². The van der Waals surface area contributed by atoms with E-state index in [0.29, 0.717) is 29.0 Å². The van der Waals surface area contributed by atoms with E-state index in [1.165, 1.54) is 12.0 Å². The van der Waals surface area contributed by atoms with E-state index in [2.05, 4.69) is 41.2 Å². The fourth-order valence-corrected chi connectivity index (χ4v) is 5.62. The van der Waals surface area contributed by atoms with Crippen LogP contribution in [0.3, 0.4) is 0 Å². The van der Waals surface area contributed by atoms with Gasteiger partial charge in [-0.25, -0.2) is 0 Å². The normalized spacial score (nSPS) is 54.4. The summed E-state index contributed by atoms with van der Waals surface area (Å²) in [5.74, 6) is 2.14. The maximum Gasteiger partial charge on any atom is 0.137 e. The molecular formula is C16H24O. The molecule has 1 heteroatoms. The molecule has 3 aliphatic carbocycles. The highest BCUT2D eigenvalue weighted by Gasteiger charge is 2.82. The zero-order valence-corrected chi connectivity index (χ0v) is 11.8. The molecular weight excluding hydrogens is 208 g/mol. The lowest BCUT2D eigenvalue weighted by atomic mass is 9.48. The van der Waals surface area contributed by atoms with E-state index in [-0.39, 0.29) is 10.8 Å². The van der Waals surface area contributed by atoms with Gasteiger partial charge < -0.3 is 0 Å². The van der Waals surface area contributed by atoms with Crippen LogP contribution in [0, 0.1) is 34.0 Å². The minimum atomic E-state index is 0.175. The number of allylic oxidation sites excluding steroid dienone is 1. The van der Waals surface area contributed by atoms with E-state index in [1.807, 2.05) is 0 Å². The molecule has 5 atom stereocenters. The Balaban J connectivity index is 2.12. The molecule has 0 aliphatic heterocycles. The lowest BCUT2D eigenvalue weighted by Gasteiger charge is -2.55. The van der Waals surface area contributed by atoms with Crippen LogP contribution < -0.4 is 0 Å². The second kappa shape index (κ2) is 2.70. The molecule has 0 radical (unpaired) electrons. The summed E-state index contributed by atoms with van der Waals surface area (Å²) in [6, 6.07) is 0. The fraction of sp³-hybridized carbons (Fsp3) is 0.812. The second-order valence-corrected chi connectivity index (χ2v) is 7.70. The van der Waals surface area contributed by atoms with Crippen LogP contribution in [0.4, 0.5) is 0 Å². The summed E-state index contributed by atoms with van der Waals surface area (Å²) in [4.78, 5) is 12.2. The van der Waals surface area contributed by atoms with Crippen molar-refractivity contribution in [2.75, 3.05) is 0 Å². The number of Topliss-reactive ketones (excluding diaryl/α,β-unsaturated/α-hetero) is 1. The Labute approximate surface area is 105 Å². The van der Waals surface area contributed by atoms with E-state index in [1.54, 1.807) is 0 Å². The van der Waals surface area contributed by atoms with Crippen LogP contribution in [0.1, 0.15) is 47.5 Å². The second-order valence-electron chi connectivity index (χ2n) is 7.70. The van der Waals surface area contributed by atoms with Gasteiger partial charge in [0.1, 0.15) is 5.78 Å². The van der Waals surface area contributed by atoms with Crippen LogP contribution in [0.2, 0.25) is 0 Å². The molecule has 0 aromatic heterocycles. The molecule has 3 rings (SSSR count). The van der Waals surface area contributed by atoms with Gasteiger partial charge in [0.25, 0.3) is 0 Å². The van der Waals surface area contributed by atoms with Gasteiger partial charge in [-0.05, 0) is 41.4 Å².